The molecule has 0 unspecified atom stereocenters. The van der Waals surface area contributed by atoms with Crippen molar-refractivity contribution in [1.82, 2.24) is 19.3 Å². The van der Waals surface area contributed by atoms with Gasteiger partial charge < -0.3 is 4.57 Å². The Balaban J connectivity index is 1.75. The average molecular weight is 321 g/mol. The van der Waals surface area contributed by atoms with Gasteiger partial charge in [0.25, 0.3) is 5.91 Å². The third-order valence-electron chi connectivity index (χ3n) is 4.54. The highest BCUT2D eigenvalue weighted by Gasteiger charge is 2.27. The van der Waals surface area contributed by atoms with E-state index in [2.05, 4.69) is 28.4 Å². The molecule has 1 N–H and O–H groups in total. The smallest absolute Gasteiger partial charge is 0.278 e. The number of benzene rings is 1. The van der Waals surface area contributed by atoms with Crippen LogP contribution >= 0.6 is 0 Å². The van der Waals surface area contributed by atoms with Gasteiger partial charge >= 0.3 is 0 Å². The van der Waals surface area contributed by atoms with Crippen LogP contribution in [0.3, 0.4) is 0 Å². The van der Waals surface area contributed by atoms with Gasteiger partial charge in [-0.3, -0.25) is 10.1 Å². The third-order valence-corrected chi connectivity index (χ3v) is 4.54. The SMILES string of the molecule is Cc1ccccc1-n1nc(C(=O)Nc2nccn2C)c2c1CCC2. The molecule has 1 aliphatic rings. The van der Waals surface area contributed by atoms with Crippen LogP contribution < -0.4 is 5.32 Å². The Morgan fingerprint density at radius 2 is 2.08 bits per heavy atom. The lowest BCUT2D eigenvalue weighted by Gasteiger charge is -2.08. The number of nitrogens with one attached hydrogen (secondary N) is 1. The minimum Gasteiger partial charge on any atom is -0.320 e. The fourth-order valence-electron chi connectivity index (χ4n) is 3.27. The largest absolute Gasteiger partial charge is 0.320 e. The van der Waals surface area contributed by atoms with Crippen LogP contribution in [0.15, 0.2) is 36.7 Å². The maximum atomic E-state index is 12.7. The number of aryl methyl sites for hydroxylation is 2. The van der Waals surface area contributed by atoms with Gasteiger partial charge in [0.15, 0.2) is 5.69 Å². The molecule has 0 spiro atoms. The standard InChI is InChI=1S/C18H19N5O/c1-12-6-3-4-8-14(12)23-15-9-5-7-13(15)16(21-23)17(24)20-18-19-10-11-22(18)2/h3-4,6,8,10-11H,5,7,9H2,1-2H3,(H,19,20,24). The second-order valence-corrected chi connectivity index (χ2v) is 6.14. The van der Waals surface area contributed by atoms with Gasteiger partial charge in [-0.05, 0) is 37.8 Å². The molecular formula is C18H19N5O. The Morgan fingerprint density at radius 3 is 2.83 bits per heavy atom. The van der Waals surface area contributed by atoms with Crippen LogP contribution in [0.4, 0.5) is 5.95 Å². The molecule has 2 heterocycles. The number of hydrogen-bond donors (Lipinski definition) is 1. The van der Waals surface area contributed by atoms with Crippen LogP contribution in [0.25, 0.3) is 5.69 Å². The van der Waals surface area contributed by atoms with Gasteiger partial charge in [-0.2, -0.15) is 5.10 Å². The summed E-state index contributed by atoms with van der Waals surface area (Å²) in [6.07, 6.45) is 6.36. The van der Waals surface area contributed by atoms with Crippen LogP contribution in [0.1, 0.15) is 33.7 Å². The van der Waals surface area contributed by atoms with Gasteiger partial charge in [0, 0.05) is 30.7 Å². The van der Waals surface area contributed by atoms with Crippen LogP contribution in [0.2, 0.25) is 0 Å². The Hall–Kier alpha value is -2.89. The van der Waals surface area contributed by atoms with Crippen molar-refractivity contribution in [3.05, 3.63) is 59.2 Å². The summed E-state index contributed by atoms with van der Waals surface area (Å²) in [7, 11) is 1.85. The Bertz CT molecular complexity index is 921. The molecule has 2 aromatic heterocycles. The normalized spacial score (nSPS) is 13.1. The average Bonchev–Trinajstić information content (AvgIpc) is 3.25. The molecule has 0 radical (unpaired) electrons. The van der Waals surface area contributed by atoms with Gasteiger partial charge in [-0.15, -0.1) is 0 Å². The van der Waals surface area contributed by atoms with Crippen LogP contribution in [-0.2, 0) is 19.9 Å². The van der Waals surface area contributed by atoms with Gasteiger partial charge in [0.05, 0.1) is 5.69 Å². The quantitative estimate of drug-likeness (QED) is 0.806. The minimum absolute atomic E-state index is 0.199. The summed E-state index contributed by atoms with van der Waals surface area (Å²) in [6.45, 7) is 2.06. The van der Waals surface area contributed by atoms with E-state index in [1.54, 1.807) is 17.0 Å². The highest BCUT2D eigenvalue weighted by Crippen LogP contribution is 2.29. The second-order valence-electron chi connectivity index (χ2n) is 6.14. The van der Waals surface area contributed by atoms with E-state index < -0.39 is 0 Å². The molecule has 0 fully saturated rings. The molecule has 0 aliphatic heterocycles. The zero-order chi connectivity index (χ0) is 16.7. The van der Waals surface area contributed by atoms with E-state index in [1.807, 2.05) is 29.9 Å². The van der Waals surface area contributed by atoms with Crippen LogP contribution in [-0.4, -0.2) is 25.2 Å². The van der Waals surface area contributed by atoms with Crippen molar-refractivity contribution in [2.45, 2.75) is 26.2 Å². The van der Waals surface area contributed by atoms with E-state index in [4.69, 9.17) is 0 Å². The van der Waals surface area contributed by atoms with Crippen molar-refractivity contribution in [2.75, 3.05) is 5.32 Å². The zero-order valence-corrected chi connectivity index (χ0v) is 13.8. The van der Waals surface area contributed by atoms with E-state index in [0.29, 0.717) is 11.6 Å². The summed E-state index contributed by atoms with van der Waals surface area (Å²) in [5, 5.41) is 7.49. The van der Waals surface area contributed by atoms with Gasteiger partial charge in [0.1, 0.15) is 0 Å². The number of amides is 1. The first kappa shape index (κ1) is 14.7. The predicted octanol–water partition coefficient (Wildman–Crippen LogP) is 2.66. The number of imidazole rings is 1. The van der Waals surface area contributed by atoms with Crippen molar-refractivity contribution in [3.8, 4) is 5.69 Å². The number of hydrogen-bond acceptors (Lipinski definition) is 3. The van der Waals surface area contributed by atoms with Crippen molar-refractivity contribution >= 4 is 11.9 Å². The van der Waals surface area contributed by atoms with Gasteiger partial charge in [-0.25, -0.2) is 9.67 Å². The summed E-state index contributed by atoms with van der Waals surface area (Å²) in [6, 6.07) is 8.11. The molecule has 122 valence electrons. The summed E-state index contributed by atoms with van der Waals surface area (Å²) in [4.78, 5) is 16.9. The molecular weight excluding hydrogens is 302 g/mol. The minimum atomic E-state index is -0.199. The summed E-state index contributed by atoms with van der Waals surface area (Å²) < 4.78 is 3.71. The Kier molecular flexibility index (Phi) is 3.45. The van der Waals surface area contributed by atoms with E-state index in [1.165, 1.54) is 0 Å². The fraction of sp³-hybridized carbons (Fsp3) is 0.278. The lowest BCUT2D eigenvalue weighted by Crippen LogP contribution is -2.17. The number of aromatic nitrogens is 4. The number of fused-ring (bicyclic) bond motifs is 1. The second kappa shape index (κ2) is 5.63. The molecule has 0 atom stereocenters. The lowest BCUT2D eigenvalue weighted by molar-refractivity contribution is 0.102. The Morgan fingerprint density at radius 1 is 1.25 bits per heavy atom. The molecule has 3 aromatic rings. The number of para-hydroxylation sites is 1. The molecule has 4 rings (SSSR count). The first-order chi connectivity index (χ1) is 11.6. The fourth-order valence-corrected chi connectivity index (χ4v) is 3.27. The van der Waals surface area contributed by atoms with E-state index in [9.17, 15) is 4.79 Å². The molecule has 6 nitrogen and oxygen atoms in total. The van der Waals surface area contributed by atoms with Gasteiger partial charge in [-0.1, -0.05) is 18.2 Å². The summed E-state index contributed by atoms with van der Waals surface area (Å²) in [5.74, 6) is 0.326. The zero-order valence-electron chi connectivity index (χ0n) is 13.8. The molecule has 24 heavy (non-hydrogen) atoms. The van der Waals surface area contributed by atoms with Crippen molar-refractivity contribution in [2.24, 2.45) is 7.05 Å². The topological polar surface area (TPSA) is 64.7 Å². The predicted molar refractivity (Wildman–Crippen MR) is 91.5 cm³/mol. The Labute approximate surface area is 140 Å². The van der Waals surface area contributed by atoms with Crippen LogP contribution in [0, 0.1) is 6.92 Å². The maximum absolute atomic E-state index is 12.7. The molecule has 1 aliphatic carbocycles. The number of nitrogens with zero attached hydrogens (tertiary/aromatic N) is 4. The van der Waals surface area contributed by atoms with Crippen molar-refractivity contribution in [3.63, 3.8) is 0 Å². The number of carbonyl (C=O) groups is 1. The monoisotopic (exact) mass is 321 g/mol. The van der Waals surface area contributed by atoms with E-state index in [-0.39, 0.29) is 5.91 Å². The lowest BCUT2D eigenvalue weighted by atomic mass is 10.2. The highest BCUT2D eigenvalue weighted by atomic mass is 16.2. The number of rotatable bonds is 3. The third kappa shape index (κ3) is 2.31. The number of carbonyl (C=O) groups excluding carboxylic acids is 1. The molecule has 0 saturated heterocycles. The molecule has 6 heteroatoms. The van der Waals surface area contributed by atoms with E-state index >= 15 is 0 Å². The first-order valence-corrected chi connectivity index (χ1v) is 8.10. The molecule has 1 amide bonds. The summed E-state index contributed by atoms with van der Waals surface area (Å²) >= 11 is 0. The number of anilines is 1. The summed E-state index contributed by atoms with van der Waals surface area (Å²) in [5.41, 5.74) is 4.89. The van der Waals surface area contributed by atoms with Crippen molar-refractivity contribution in [1.29, 1.82) is 0 Å². The van der Waals surface area contributed by atoms with Gasteiger partial charge in [0.2, 0.25) is 5.95 Å². The van der Waals surface area contributed by atoms with Crippen molar-refractivity contribution < 1.29 is 4.79 Å². The van der Waals surface area contributed by atoms with E-state index in [0.717, 1.165) is 41.8 Å². The first-order valence-electron chi connectivity index (χ1n) is 8.10. The maximum Gasteiger partial charge on any atom is 0.278 e. The highest BCUT2D eigenvalue weighted by molar-refractivity contribution is 6.03. The molecule has 0 saturated carbocycles. The molecule has 1 aromatic carbocycles. The molecule has 0 bridgehead atoms. The van der Waals surface area contributed by atoms with Crippen LogP contribution in [0.5, 0.6) is 0 Å².